The first-order valence-corrected chi connectivity index (χ1v) is 6.73. The van der Waals surface area contributed by atoms with Crippen LogP contribution in [-0.4, -0.2) is 36.3 Å². The van der Waals surface area contributed by atoms with Gasteiger partial charge < -0.3 is 9.80 Å². The molecule has 2 rings (SSSR count). The number of benzene rings is 1. The highest BCUT2D eigenvalue weighted by molar-refractivity contribution is 6.41. The van der Waals surface area contributed by atoms with Gasteiger partial charge in [-0.1, -0.05) is 25.4 Å². The molecule has 1 fully saturated rings. The Hall–Kier alpha value is -1.55. The average Bonchev–Trinajstić information content (AvgIpc) is 2.36. The quantitative estimate of drug-likeness (QED) is 0.796. The molecule has 1 heterocycles. The van der Waals surface area contributed by atoms with E-state index in [0.717, 1.165) is 0 Å². The van der Waals surface area contributed by atoms with E-state index >= 15 is 0 Å². The highest BCUT2D eigenvalue weighted by Gasteiger charge is 2.33. The van der Waals surface area contributed by atoms with E-state index in [0.29, 0.717) is 36.3 Å². The smallest absolute Gasteiger partial charge is 0.316 e. The first kappa shape index (κ1) is 13.9. The van der Waals surface area contributed by atoms with E-state index in [2.05, 4.69) is 0 Å². The van der Waals surface area contributed by atoms with E-state index in [-0.39, 0.29) is 0 Å². The highest BCUT2D eigenvalue weighted by atomic mass is 35.5. The predicted molar refractivity (Wildman–Crippen MR) is 75.2 cm³/mol. The number of piperazine rings is 1. The minimum atomic E-state index is -0.464. The van der Waals surface area contributed by atoms with Crippen LogP contribution in [0.25, 0.3) is 0 Å². The number of amides is 2. The Morgan fingerprint density at radius 2 is 1.74 bits per heavy atom. The minimum Gasteiger partial charge on any atom is -0.332 e. The molecule has 1 aliphatic rings. The molecular formula is C14H17ClN2O2. The van der Waals surface area contributed by atoms with Gasteiger partial charge >= 0.3 is 11.8 Å². The monoisotopic (exact) mass is 280 g/mol. The summed E-state index contributed by atoms with van der Waals surface area (Å²) in [4.78, 5) is 27.3. The van der Waals surface area contributed by atoms with Crippen molar-refractivity contribution in [3.8, 4) is 0 Å². The van der Waals surface area contributed by atoms with Crippen LogP contribution < -0.4 is 4.90 Å². The first-order chi connectivity index (χ1) is 8.99. The first-order valence-electron chi connectivity index (χ1n) is 6.35. The number of hydrogen-bond donors (Lipinski definition) is 0. The number of rotatable bonds is 3. The molecule has 1 aromatic rings. The lowest BCUT2D eigenvalue weighted by Gasteiger charge is -2.34. The number of hydrogen-bond acceptors (Lipinski definition) is 2. The van der Waals surface area contributed by atoms with Crippen LogP contribution >= 0.6 is 11.6 Å². The molecule has 19 heavy (non-hydrogen) atoms. The molecule has 0 aliphatic carbocycles. The zero-order valence-electron chi connectivity index (χ0n) is 11.1. The maximum absolute atomic E-state index is 12.1. The van der Waals surface area contributed by atoms with E-state index in [1.165, 1.54) is 4.90 Å². The lowest BCUT2D eigenvalue weighted by atomic mass is 10.1. The minimum absolute atomic E-state index is 0.360. The van der Waals surface area contributed by atoms with Gasteiger partial charge in [0.1, 0.15) is 0 Å². The van der Waals surface area contributed by atoms with Gasteiger partial charge in [-0.25, -0.2) is 0 Å². The molecule has 4 nitrogen and oxygen atoms in total. The summed E-state index contributed by atoms with van der Waals surface area (Å²) in [7, 11) is 0. The Balaban J connectivity index is 2.13. The second kappa shape index (κ2) is 5.61. The van der Waals surface area contributed by atoms with Crippen molar-refractivity contribution < 1.29 is 9.59 Å². The summed E-state index contributed by atoms with van der Waals surface area (Å²) in [5, 5.41) is 0.612. The Kier molecular flexibility index (Phi) is 4.10. The predicted octanol–water partition coefficient (Wildman–Crippen LogP) is 2.17. The summed E-state index contributed by atoms with van der Waals surface area (Å²) < 4.78 is 0. The van der Waals surface area contributed by atoms with Crippen LogP contribution in [0.1, 0.15) is 13.8 Å². The van der Waals surface area contributed by atoms with Crippen molar-refractivity contribution in [3.63, 3.8) is 0 Å². The summed E-state index contributed by atoms with van der Waals surface area (Å²) in [5.41, 5.74) is 0.715. The maximum atomic E-state index is 12.1. The molecule has 0 saturated carbocycles. The summed E-state index contributed by atoms with van der Waals surface area (Å²) in [6, 6.07) is 6.95. The Labute approximate surface area is 117 Å². The molecule has 1 saturated heterocycles. The average molecular weight is 281 g/mol. The van der Waals surface area contributed by atoms with Crippen LogP contribution in [0.15, 0.2) is 24.3 Å². The van der Waals surface area contributed by atoms with Gasteiger partial charge in [-0.2, -0.15) is 0 Å². The molecule has 0 atom stereocenters. The third kappa shape index (κ3) is 3.07. The SMILES string of the molecule is CC(C)CN1CCN(c2ccc(Cl)cc2)C(=O)C1=O. The fourth-order valence-electron chi connectivity index (χ4n) is 2.16. The van der Waals surface area contributed by atoms with E-state index in [1.54, 1.807) is 29.2 Å². The van der Waals surface area contributed by atoms with Crippen molar-refractivity contribution in [3.05, 3.63) is 29.3 Å². The van der Waals surface area contributed by atoms with E-state index in [1.807, 2.05) is 13.8 Å². The molecule has 1 aliphatic heterocycles. The van der Waals surface area contributed by atoms with Crippen molar-refractivity contribution >= 4 is 29.1 Å². The van der Waals surface area contributed by atoms with Gasteiger partial charge in [0.15, 0.2) is 0 Å². The van der Waals surface area contributed by atoms with E-state index in [4.69, 9.17) is 11.6 Å². The van der Waals surface area contributed by atoms with E-state index < -0.39 is 11.8 Å². The Morgan fingerprint density at radius 1 is 1.11 bits per heavy atom. The lowest BCUT2D eigenvalue weighted by molar-refractivity contribution is -0.146. The van der Waals surface area contributed by atoms with Crippen molar-refractivity contribution in [1.29, 1.82) is 0 Å². The summed E-state index contributed by atoms with van der Waals surface area (Å²) in [6.07, 6.45) is 0. The van der Waals surface area contributed by atoms with Gasteiger partial charge in [0.25, 0.3) is 0 Å². The van der Waals surface area contributed by atoms with Gasteiger partial charge in [-0.05, 0) is 30.2 Å². The molecule has 0 N–H and O–H groups in total. The van der Waals surface area contributed by atoms with Crippen LogP contribution in [-0.2, 0) is 9.59 Å². The summed E-state index contributed by atoms with van der Waals surface area (Å²) >= 11 is 5.82. The van der Waals surface area contributed by atoms with Crippen molar-refractivity contribution in [2.24, 2.45) is 5.92 Å². The van der Waals surface area contributed by atoms with Crippen molar-refractivity contribution in [2.75, 3.05) is 24.5 Å². The normalized spacial score (nSPS) is 16.4. The second-order valence-corrected chi connectivity index (χ2v) is 5.51. The van der Waals surface area contributed by atoms with Crippen molar-refractivity contribution in [1.82, 2.24) is 4.90 Å². The molecule has 1 aromatic carbocycles. The zero-order chi connectivity index (χ0) is 14.0. The van der Waals surface area contributed by atoms with Gasteiger partial charge in [0, 0.05) is 30.3 Å². The molecular weight excluding hydrogens is 264 g/mol. The fraction of sp³-hybridized carbons (Fsp3) is 0.429. The number of carbonyl (C=O) groups is 2. The van der Waals surface area contributed by atoms with Gasteiger partial charge in [-0.15, -0.1) is 0 Å². The second-order valence-electron chi connectivity index (χ2n) is 5.08. The summed E-state index contributed by atoms with van der Waals surface area (Å²) in [6.45, 7) is 5.79. The highest BCUT2D eigenvalue weighted by Crippen LogP contribution is 2.20. The van der Waals surface area contributed by atoms with Gasteiger partial charge in [0.2, 0.25) is 0 Å². The lowest BCUT2D eigenvalue weighted by Crippen LogP contribution is -2.55. The topological polar surface area (TPSA) is 40.6 Å². The third-order valence-corrected chi connectivity index (χ3v) is 3.28. The van der Waals surface area contributed by atoms with Gasteiger partial charge in [-0.3, -0.25) is 9.59 Å². The number of anilines is 1. The molecule has 0 spiro atoms. The largest absolute Gasteiger partial charge is 0.332 e. The van der Waals surface area contributed by atoms with Gasteiger partial charge in [0.05, 0.1) is 0 Å². The molecule has 2 amide bonds. The standard InChI is InChI=1S/C14H17ClN2O2/c1-10(2)9-16-7-8-17(14(19)13(16)18)12-5-3-11(15)4-6-12/h3-6,10H,7-9H2,1-2H3. The molecule has 5 heteroatoms. The molecule has 102 valence electrons. The third-order valence-electron chi connectivity index (χ3n) is 3.03. The van der Waals surface area contributed by atoms with Crippen molar-refractivity contribution in [2.45, 2.75) is 13.8 Å². The Morgan fingerprint density at radius 3 is 2.32 bits per heavy atom. The van der Waals surface area contributed by atoms with Crippen LogP contribution in [0, 0.1) is 5.92 Å². The number of nitrogens with zero attached hydrogens (tertiary/aromatic N) is 2. The van der Waals surface area contributed by atoms with Crippen LogP contribution in [0.4, 0.5) is 5.69 Å². The van der Waals surface area contributed by atoms with Crippen LogP contribution in [0.2, 0.25) is 5.02 Å². The van der Waals surface area contributed by atoms with Crippen LogP contribution in [0.5, 0.6) is 0 Å². The molecule has 0 unspecified atom stereocenters. The maximum Gasteiger partial charge on any atom is 0.316 e. The van der Waals surface area contributed by atoms with Crippen LogP contribution in [0.3, 0.4) is 0 Å². The number of halogens is 1. The fourth-order valence-corrected chi connectivity index (χ4v) is 2.28. The molecule has 0 radical (unpaired) electrons. The Bertz CT molecular complexity index is 485. The molecule has 0 aromatic heterocycles. The number of carbonyl (C=O) groups excluding carboxylic acids is 2. The summed E-state index contributed by atoms with van der Waals surface area (Å²) in [5.74, 6) is -0.525. The zero-order valence-corrected chi connectivity index (χ0v) is 11.9. The van der Waals surface area contributed by atoms with E-state index in [9.17, 15) is 9.59 Å². The molecule has 0 bridgehead atoms.